The van der Waals surface area contributed by atoms with E-state index >= 15 is 0 Å². The summed E-state index contributed by atoms with van der Waals surface area (Å²) in [6, 6.07) is 8.10. The van der Waals surface area contributed by atoms with Crippen LogP contribution >= 0.6 is 47.8 Å². The van der Waals surface area contributed by atoms with Crippen molar-refractivity contribution in [3.05, 3.63) is 66.0 Å². The van der Waals surface area contributed by atoms with Crippen molar-refractivity contribution in [2.75, 3.05) is 13.1 Å². The summed E-state index contributed by atoms with van der Waals surface area (Å²) in [5, 5.41) is 30.9. The Morgan fingerprint density at radius 1 is 0.456 bits per heavy atom. The van der Waals surface area contributed by atoms with Crippen LogP contribution in [0.3, 0.4) is 0 Å². The summed E-state index contributed by atoms with van der Waals surface area (Å²) in [7, 11) is 0. The molecule has 0 bridgehead atoms. The molecule has 0 aliphatic rings. The number of hydrogen-bond donors (Lipinski definition) is 4. The third kappa shape index (κ3) is 10.5. The Hall–Kier alpha value is -3.28. The van der Waals surface area contributed by atoms with Crippen LogP contribution in [0, 0.1) is 0 Å². The highest BCUT2D eigenvalue weighted by molar-refractivity contribution is 9.11. The second kappa shape index (κ2) is 21.6. The van der Waals surface area contributed by atoms with E-state index in [4.69, 9.17) is 0 Å². The molecule has 0 saturated carbocycles. The normalized spacial score (nSPS) is 11.7. The van der Waals surface area contributed by atoms with Crippen LogP contribution in [-0.2, 0) is 0 Å². The number of amides is 2. The maximum absolute atomic E-state index is 14.3. The lowest BCUT2D eigenvalue weighted by Crippen LogP contribution is -2.28. The van der Waals surface area contributed by atoms with Crippen molar-refractivity contribution in [3.8, 4) is 0 Å². The molecule has 5 aromatic rings. The van der Waals surface area contributed by atoms with E-state index in [2.05, 4.69) is 72.3 Å². The monoisotopic (exact) mass is 968 g/mol. The zero-order chi connectivity index (χ0) is 41.1. The highest BCUT2D eigenvalue weighted by Gasteiger charge is 2.29. The first-order valence-corrected chi connectivity index (χ1v) is 23.2. The molecular weight excluding hydrogens is 916 g/mol. The van der Waals surface area contributed by atoms with Crippen LogP contribution in [0.15, 0.2) is 43.7 Å². The quantitative estimate of drug-likeness (QED) is 0.0277. The molecule has 0 aliphatic carbocycles. The van der Waals surface area contributed by atoms with Gasteiger partial charge in [-0.2, -0.15) is 0 Å². The average molecular weight is 972 g/mol. The van der Waals surface area contributed by atoms with Gasteiger partial charge in [-0.15, -0.1) is 0 Å². The number of carbonyl (C=O) groups excluding carboxylic acids is 2. The van der Waals surface area contributed by atoms with Crippen molar-refractivity contribution in [3.63, 3.8) is 0 Å². The summed E-state index contributed by atoms with van der Waals surface area (Å²) in [6.07, 6.45) is 21.0. The number of hydrogen-bond acceptors (Lipinski definition) is 4. The number of halogens is 3. The summed E-state index contributed by atoms with van der Waals surface area (Å²) >= 11 is 11.1. The van der Waals surface area contributed by atoms with E-state index in [1.807, 2.05) is 6.07 Å². The highest BCUT2D eigenvalue weighted by Crippen LogP contribution is 2.50. The second-order valence-electron chi connectivity index (χ2n) is 15.3. The van der Waals surface area contributed by atoms with Crippen LogP contribution in [0.25, 0.3) is 43.1 Å². The van der Waals surface area contributed by atoms with Gasteiger partial charge in [-0.3, -0.25) is 9.59 Å². The van der Waals surface area contributed by atoms with Crippen molar-refractivity contribution in [2.24, 2.45) is 0 Å². The highest BCUT2D eigenvalue weighted by atomic mass is 79.9. The first-order chi connectivity index (χ1) is 27.5. The van der Waals surface area contributed by atoms with Crippen molar-refractivity contribution in [1.29, 1.82) is 0 Å². The molecular formula is C46H55Br3N2O6. The van der Waals surface area contributed by atoms with Gasteiger partial charge in [-0.1, -0.05) is 155 Å². The minimum atomic E-state index is -1.25. The Balaban J connectivity index is 1.55. The number of unbranched alkanes of at least 4 members (excludes halogenated alkanes) is 16. The van der Waals surface area contributed by atoms with Gasteiger partial charge >= 0.3 is 11.9 Å². The Kier molecular flexibility index (Phi) is 17.0. The van der Waals surface area contributed by atoms with E-state index in [0.717, 1.165) is 38.5 Å². The van der Waals surface area contributed by atoms with Crippen LogP contribution in [0.1, 0.15) is 171 Å². The van der Waals surface area contributed by atoms with Gasteiger partial charge in [0.15, 0.2) is 0 Å². The van der Waals surface area contributed by atoms with Gasteiger partial charge in [-0.25, -0.2) is 9.59 Å². The number of rotatable bonds is 24. The summed E-state index contributed by atoms with van der Waals surface area (Å²) in [5.41, 5.74) is 0.406. The molecule has 0 aliphatic heterocycles. The molecule has 4 N–H and O–H groups in total. The molecule has 0 radical (unpaired) electrons. The lowest BCUT2D eigenvalue weighted by molar-refractivity contribution is 0.0695. The van der Waals surface area contributed by atoms with Crippen molar-refractivity contribution < 1.29 is 29.4 Å². The fourth-order valence-electron chi connectivity index (χ4n) is 8.24. The Morgan fingerprint density at radius 2 is 0.895 bits per heavy atom. The molecule has 0 atom stereocenters. The summed E-state index contributed by atoms with van der Waals surface area (Å²) in [4.78, 5) is 53.6. The number of carboxylic acid groups (broad SMARTS) is 2. The number of nitrogens with one attached hydrogen (secondary N) is 2. The molecule has 11 heteroatoms. The molecule has 57 heavy (non-hydrogen) atoms. The van der Waals surface area contributed by atoms with Gasteiger partial charge in [0.1, 0.15) is 0 Å². The standard InChI is InChI=1S/C46H55Br3N2O6/c1-3-5-7-9-11-13-15-17-19-23-50-43(52)31-26-33(47)37-28-21-22-29(45(54)55)36-32(46(56)57)27-34(48)38(39(28)36)30-25-35(49)42(41(31)40(30)37)44(53)51-24-20-18-16-14-12-10-8-6-4-2/h21-22,25-27H,3-20,23-24H2,1-2H3,(H,50,52)(H,51,53)(H,54,55)(H,56,57). The Morgan fingerprint density at radius 3 is 1.40 bits per heavy atom. The second-order valence-corrected chi connectivity index (χ2v) is 17.8. The number of benzene rings is 5. The lowest BCUT2D eigenvalue weighted by atomic mass is 9.84. The van der Waals surface area contributed by atoms with E-state index in [1.54, 1.807) is 12.1 Å². The first-order valence-electron chi connectivity index (χ1n) is 20.8. The van der Waals surface area contributed by atoms with E-state index in [0.29, 0.717) is 75.3 Å². The third-order valence-electron chi connectivity index (χ3n) is 11.1. The molecule has 306 valence electrons. The van der Waals surface area contributed by atoms with Crippen LogP contribution in [0.2, 0.25) is 0 Å². The number of carboxylic acids is 2. The molecule has 0 saturated heterocycles. The van der Waals surface area contributed by atoms with Gasteiger partial charge in [0.25, 0.3) is 11.8 Å². The summed E-state index contributed by atoms with van der Waals surface area (Å²) in [5.74, 6) is -3.09. The van der Waals surface area contributed by atoms with Crippen LogP contribution in [0.5, 0.6) is 0 Å². The van der Waals surface area contributed by atoms with E-state index in [9.17, 15) is 29.4 Å². The largest absolute Gasteiger partial charge is 0.478 e. The predicted octanol–water partition coefficient (Wildman–Crippen LogP) is 13.9. The van der Waals surface area contributed by atoms with Crippen molar-refractivity contribution >= 4 is 115 Å². The average Bonchev–Trinajstić information content (AvgIpc) is 3.18. The van der Waals surface area contributed by atoms with Crippen LogP contribution < -0.4 is 10.6 Å². The number of carbonyl (C=O) groups is 4. The maximum atomic E-state index is 14.3. The zero-order valence-electron chi connectivity index (χ0n) is 33.2. The van der Waals surface area contributed by atoms with Gasteiger partial charge in [0.05, 0.1) is 16.7 Å². The molecule has 0 unspecified atom stereocenters. The van der Waals surface area contributed by atoms with Crippen LogP contribution in [0.4, 0.5) is 0 Å². The molecule has 0 fully saturated rings. The fourth-order valence-corrected chi connectivity index (χ4v) is 10.1. The predicted molar refractivity (Wildman–Crippen MR) is 244 cm³/mol. The molecule has 5 rings (SSSR count). The SMILES string of the molecule is CCCCCCCCCCCNC(=O)c1cc(Br)c2c3ccc(C(=O)O)c4c(C(=O)O)cc(Br)c(c5cc(Br)c(C(=O)NCCCCCCCCCCC)c1c52)c43. The topological polar surface area (TPSA) is 133 Å². The molecule has 5 aromatic carbocycles. The van der Waals surface area contributed by atoms with Crippen LogP contribution in [-0.4, -0.2) is 47.1 Å². The van der Waals surface area contributed by atoms with Gasteiger partial charge in [0, 0.05) is 64.4 Å². The number of aromatic carboxylic acids is 2. The molecule has 2 amide bonds. The zero-order valence-corrected chi connectivity index (χ0v) is 37.9. The van der Waals surface area contributed by atoms with Crippen molar-refractivity contribution in [2.45, 2.75) is 129 Å². The van der Waals surface area contributed by atoms with Gasteiger partial charge < -0.3 is 20.8 Å². The van der Waals surface area contributed by atoms with Gasteiger partial charge in [0.2, 0.25) is 0 Å². The molecule has 0 heterocycles. The first kappa shape index (κ1) is 44.8. The van der Waals surface area contributed by atoms with Gasteiger partial charge in [-0.05, 0) is 63.8 Å². The minimum Gasteiger partial charge on any atom is -0.478 e. The fraction of sp³-hybridized carbons (Fsp3) is 0.478. The van der Waals surface area contributed by atoms with Crippen molar-refractivity contribution in [1.82, 2.24) is 10.6 Å². The molecule has 8 nitrogen and oxygen atoms in total. The summed E-state index contributed by atoms with van der Waals surface area (Å²) < 4.78 is 1.49. The molecule has 0 aromatic heterocycles. The minimum absolute atomic E-state index is 0.109. The maximum Gasteiger partial charge on any atom is 0.336 e. The smallest absolute Gasteiger partial charge is 0.336 e. The van der Waals surface area contributed by atoms with E-state index in [1.165, 1.54) is 89.2 Å². The Labute approximate surface area is 361 Å². The molecule has 0 spiro atoms. The summed E-state index contributed by atoms with van der Waals surface area (Å²) in [6.45, 7) is 5.44. The Bertz CT molecular complexity index is 2240. The van der Waals surface area contributed by atoms with E-state index in [-0.39, 0.29) is 28.3 Å². The third-order valence-corrected chi connectivity index (χ3v) is 13.0. The lowest BCUT2D eigenvalue weighted by Gasteiger charge is -2.22. The number of fused-ring (bicyclic) bond motifs is 2. The van der Waals surface area contributed by atoms with E-state index < -0.39 is 11.9 Å².